The Morgan fingerprint density at radius 1 is 1.19 bits per heavy atom. The molecule has 0 atom stereocenters. The van der Waals surface area contributed by atoms with E-state index in [4.69, 9.17) is 0 Å². The van der Waals surface area contributed by atoms with Crippen LogP contribution in [-0.2, 0) is 13.1 Å². The lowest BCUT2D eigenvalue weighted by molar-refractivity contribution is -0.0167. The van der Waals surface area contributed by atoms with E-state index in [1.54, 1.807) is 4.57 Å². The molecule has 2 heterocycles. The molecule has 0 radical (unpaired) electrons. The molecule has 4 aliphatic rings. The summed E-state index contributed by atoms with van der Waals surface area (Å²) in [6.07, 6.45) is 9.90. The zero-order chi connectivity index (χ0) is 21.8. The maximum atomic E-state index is 13.5. The van der Waals surface area contributed by atoms with E-state index >= 15 is 0 Å². The number of unbranched alkanes of at least 4 members (excludes halogenated alkanes) is 1. The SMILES string of the molecule is CCCCn1c(=O)c(C(=O)NC23CC4CC(CC(C4)C2)C3)c(O)c2c1cnn2CCO. The zero-order valence-corrected chi connectivity index (χ0v) is 18.1. The van der Waals surface area contributed by atoms with Gasteiger partial charge in [0, 0.05) is 12.1 Å². The first-order chi connectivity index (χ1) is 14.9. The van der Waals surface area contributed by atoms with E-state index < -0.39 is 11.5 Å². The first kappa shape index (κ1) is 20.5. The standard InChI is InChI=1S/C23H32N4O4/c1-2-3-4-26-17-13-24-27(5-6-28)19(17)20(29)18(22(26)31)21(30)25-23-10-14-7-15(11-23)9-16(8-14)12-23/h13-16,28-29H,2-12H2,1H3,(H,25,30). The predicted octanol–water partition coefficient (Wildman–Crippen LogP) is 2.39. The molecule has 8 heteroatoms. The fraction of sp³-hybridized carbons (Fsp3) is 0.696. The lowest BCUT2D eigenvalue weighted by Crippen LogP contribution is -2.60. The van der Waals surface area contributed by atoms with Crippen molar-refractivity contribution in [3.05, 3.63) is 22.1 Å². The molecule has 8 nitrogen and oxygen atoms in total. The number of fused-ring (bicyclic) bond motifs is 1. The fourth-order valence-corrected chi connectivity index (χ4v) is 6.85. The van der Waals surface area contributed by atoms with Gasteiger partial charge in [-0.15, -0.1) is 0 Å². The van der Waals surface area contributed by atoms with Crippen molar-refractivity contribution >= 4 is 16.9 Å². The van der Waals surface area contributed by atoms with E-state index in [2.05, 4.69) is 10.4 Å². The van der Waals surface area contributed by atoms with Gasteiger partial charge in [-0.3, -0.25) is 14.3 Å². The summed E-state index contributed by atoms with van der Waals surface area (Å²) in [5, 5.41) is 27.9. The molecule has 168 valence electrons. The molecule has 0 aromatic carbocycles. The minimum atomic E-state index is -0.478. The summed E-state index contributed by atoms with van der Waals surface area (Å²) in [5.41, 5.74) is -0.0846. The van der Waals surface area contributed by atoms with Crippen molar-refractivity contribution in [3.63, 3.8) is 0 Å². The van der Waals surface area contributed by atoms with Crippen molar-refractivity contribution in [2.75, 3.05) is 6.61 Å². The highest BCUT2D eigenvalue weighted by Crippen LogP contribution is 2.55. The maximum absolute atomic E-state index is 13.5. The number of aromatic nitrogens is 3. The zero-order valence-electron chi connectivity index (χ0n) is 18.1. The molecule has 0 spiro atoms. The van der Waals surface area contributed by atoms with Crippen molar-refractivity contribution in [1.82, 2.24) is 19.7 Å². The van der Waals surface area contributed by atoms with Crippen molar-refractivity contribution in [2.24, 2.45) is 17.8 Å². The Labute approximate surface area is 181 Å². The van der Waals surface area contributed by atoms with Crippen LogP contribution in [-0.4, -0.2) is 42.6 Å². The first-order valence-electron chi connectivity index (χ1n) is 11.7. The second kappa shape index (κ2) is 7.65. The summed E-state index contributed by atoms with van der Waals surface area (Å²) in [6.45, 7) is 2.52. The Morgan fingerprint density at radius 3 is 2.42 bits per heavy atom. The number of carbonyl (C=O) groups is 1. The molecule has 4 saturated carbocycles. The van der Waals surface area contributed by atoms with Gasteiger partial charge in [-0.25, -0.2) is 0 Å². The second-order valence-corrected chi connectivity index (χ2v) is 10.0. The summed E-state index contributed by atoms with van der Waals surface area (Å²) < 4.78 is 3.02. The number of aromatic hydroxyl groups is 1. The average molecular weight is 429 g/mol. The molecule has 0 saturated heterocycles. The number of carbonyl (C=O) groups excluding carboxylic acids is 1. The van der Waals surface area contributed by atoms with Gasteiger partial charge in [0.25, 0.3) is 11.5 Å². The van der Waals surface area contributed by atoms with Crippen molar-refractivity contribution in [2.45, 2.75) is 76.9 Å². The third-order valence-electron chi connectivity index (χ3n) is 7.72. The number of amides is 1. The second-order valence-electron chi connectivity index (χ2n) is 10.0. The van der Waals surface area contributed by atoms with E-state index in [1.165, 1.54) is 30.1 Å². The van der Waals surface area contributed by atoms with Gasteiger partial charge in [0.15, 0.2) is 5.75 Å². The maximum Gasteiger partial charge on any atom is 0.267 e. The first-order valence-corrected chi connectivity index (χ1v) is 11.7. The predicted molar refractivity (Wildman–Crippen MR) is 116 cm³/mol. The lowest BCUT2D eigenvalue weighted by Gasteiger charge is -2.56. The molecule has 0 unspecified atom stereocenters. The summed E-state index contributed by atoms with van der Waals surface area (Å²) >= 11 is 0. The van der Waals surface area contributed by atoms with Gasteiger partial charge in [0.05, 0.1) is 24.9 Å². The Hall–Kier alpha value is -2.35. The highest BCUT2D eigenvalue weighted by Gasteiger charge is 2.51. The number of pyridine rings is 1. The van der Waals surface area contributed by atoms with Crippen LogP contribution in [0.5, 0.6) is 5.75 Å². The van der Waals surface area contributed by atoms with E-state index in [1.807, 2.05) is 6.92 Å². The Bertz CT molecular complexity index is 1030. The molecular formula is C23H32N4O4. The highest BCUT2D eigenvalue weighted by molar-refractivity contribution is 6.01. The largest absolute Gasteiger partial charge is 0.505 e. The van der Waals surface area contributed by atoms with Gasteiger partial charge in [-0.1, -0.05) is 13.3 Å². The smallest absolute Gasteiger partial charge is 0.267 e. The summed E-state index contributed by atoms with van der Waals surface area (Å²) in [5.74, 6) is 1.17. The Balaban J connectivity index is 1.56. The van der Waals surface area contributed by atoms with Gasteiger partial charge in [-0.2, -0.15) is 5.10 Å². The average Bonchev–Trinajstić information content (AvgIpc) is 3.10. The molecule has 1 amide bonds. The highest BCUT2D eigenvalue weighted by atomic mass is 16.3. The van der Waals surface area contributed by atoms with E-state index in [0.717, 1.165) is 32.1 Å². The minimum absolute atomic E-state index is 0.154. The number of hydrogen-bond donors (Lipinski definition) is 3. The molecule has 31 heavy (non-hydrogen) atoms. The lowest BCUT2D eigenvalue weighted by atomic mass is 9.53. The molecule has 4 aliphatic carbocycles. The number of aryl methyl sites for hydroxylation is 1. The van der Waals surface area contributed by atoms with Crippen molar-refractivity contribution in [3.8, 4) is 5.75 Å². The summed E-state index contributed by atoms with van der Waals surface area (Å²) in [4.78, 5) is 26.8. The monoisotopic (exact) mass is 428 g/mol. The Kier molecular flexibility index (Phi) is 5.07. The molecule has 2 aromatic rings. The molecule has 6 rings (SSSR count). The molecule has 4 bridgehead atoms. The van der Waals surface area contributed by atoms with Crippen LogP contribution in [0.2, 0.25) is 0 Å². The number of nitrogens with one attached hydrogen (secondary N) is 1. The fourth-order valence-electron chi connectivity index (χ4n) is 6.85. The van der Waals surface area contributed by atoms with Gasteiger partial charge in [-0.05, 0) is 62.7 Å². The van der Waals surface area contributed by atoms with Crippen LogP contribution in [0.4, 0.5) is 0 Å². The van der Waals surface area contributed by atoms with Crippen LogP contribution in [0.1, 0.15) is 68.6 Å². The van der Waals surface area contributed by atoms with E-state index in [-0.39, 0.29) is 30.0 Å². The van der Waals surface area contributed by atoms with Crippen molar-refractivity contribution in [1.29, 1.82) is 0 Å². The topological polar surface area (TPSA) is 109 Å². The summed E-state index contributed by atoms with van der Waals surface area (Å²) in [6, 6.07) is 0. The van der Waals surface area contributed by atoms with Gasteiger partial charge < -0.3 is 20.1 Å². The quantitative estimate of drug-likeness (QED) is 0.627. The molecule has 0 aliphatic heterocycles. The molecule has 4 fully saturated rings. The minimum Gasteiger partial charge on any atom is -0.505 e. The molecule has 2 aromatic heterocycles. The van der Waals surface area contributed by atoms with Crippen LogP contribution in [0.25, 0.3) is 11.0 Å². The van der Waals surface area contributed by atoms with Crippen LogP contribution in [0.3, 0.4) is 0 Å². The van der Waals surface area contributed by atoms with E-state index in [0.29, 0.717) is 35.3 Å². The van der Waals surface area contributed by atoms with Crippen LogP contribution >= 0.6 is 0 Å². The number of nitrogens with zero attached hydrogens (tertiary/aromatic N) is 3. The third-order valence-corrected chi connectivity index (χ3v) is 7.72. The number of aliphatic hydroxyl groups excluding tert-OH is 1. The normalized spacial score (nSPS) is 29.0. The third kappa shape index (κ3) is 3.35. The van der Waals surface area contributed by atoms with Crippen LogP contribution in [0.15, 0.2) is 11.0 Å². The van der Waals surface area contributed by atoms with Gasteiger partial charge in [0.1, 0.15) is 11.1 Å². The van der Waals surface area contributed by atoms with Gasteiger partial charge in [0.2, 0.25) is 0 Å². The number of hydrogen-bond acceptors (Lipinski definition) is 5. The molecular weight excluding hydrogens is 396 g/mol. The number of aliphatic hydroxyl groups is 1. The van der Waals surface area contributed by atoms with Gasteiger partial charge >= 0.3 is 0 Å². The number of rotatable bonds is 7. The van der Waals surface area contributed by atoms with Crippen LogP contribution in [0, 0.1) is 17.8 Å². The Morgan fingerprint density at radius 2 is 1.84 bits per heavy atom. The molecule has 3 N–H and O–H groups in total. The van der Waals surface area contributed by atoms with Crippen LogP contribution < -0.4 is 10.9 Å². The van der Waals surface area contributed by atoms with E-state index in [9.17, 15) is 19.8 Å². The van der Waals surface area contributed by atoms with Crippen molar-refractivity contribution < 1.29 is 15.0 Å². The summed E-state index contributed by atoms with van der Waals surface area (Å²) in [7, 11) is 0.